The highest BCUT2D eigenvalue weighted by Crippen LogP contribution is 2.37. The van der Waals surface area contributed by atoms with Crippen LogP contribution in [0, 0.1) is 5.82 Å². The van der Waals surface area contributed by atoms with Crippen molar-refractivity contribution in [2.75, 3.05) is 6.26 Å². The Morgan fingerprint density at radius 1 is 1.42 bits per heavy atom. The Balaban J connectivity index is 2.31. The number of rotatable bonds is 4. The average molecular weight is 381 g/mol. The van der Waals surface area contributed by atoms with Crippen LogP contribution >= 0.6 is 50.8 Å². The van der Waals surface area contributed by atoms with E-state index in [9.17, 15) is 9.18 Å². The molecule has 1 heterocycles. The van der Waals surface area contributed by atoms with E-state index in [1.807, 2.05) is 6.26 Å². The van der Waals surface area contributed by atoms with Crippen molar-refractivity contribution in [1.29, 1.82) is 0 Å². The van der Waals surface area contributed by atoms with E-state index in [4.69, 9.17) is 5.11 Å². The molecule has 0 saturated heterocycles. The van der Waals surface area contributed by atoms with Crippen molar-refractivity contribution in [3.05, 3.63) is 28.0 Å². The minimum absolute atomic E-state index is 0.0559. The SMILES string of the molecule is CSc1nnc(Sc2ccc(C(=O)O)c(Br)c2F)s1. The fourth-order valence-corrected chi connectivity index (χ4v) is 4.27. The number of carboxylic acid groups (broad SMARTS) is 1. The number of hydrogen-bond donors (Lipinski definition) is 1. The topological polar surface area (TPSA) is 63.1 Å². The maximum Gasteiger partial charge on any atom is 0.336 e. The molecule has 0 aliphatic carbocycles. The highest BCUT2D eigenvalue weighted by molar-refractivity contribution is 9.10. The zero-order chi connectivity index (χ0) is 14.0. The fraction of sp³-hybridized carbons (Fsp3) is 0.100. The van der Waals surface area contributed by atoms with Crippen LogP contribution in [0.5, 0.6) is 0 Å². The molecule has 0 unspecified atom stereocenters. The molecule has 0 atom stereocenters. The molecular formula is C10H6BrFN2O2S3. The highest BCUT2D eigenvalue weighted by Gasteiger charge is 2.17. The van der Waals surface area contributed by atoms with Crippen LogP contribution in [0.25, 0.3) is 0 Å². The van der Waals surface area contributed by atoms with Crippen LogP contribution in [0.3, 0.4) is 0 Å². The molecule has 2 aromatic rings. The molecule has 0 saturated carbocycles. The van der Waals surface area contributed by atoms with Crippen LogP contribution in [-0.4, -0.2) is 27.5 Å². The number of nitrogens with zero attached hydrogens (tertiary/aromatic N) is 2. The molecule has 4 nitrogen and oxygen atoms in total. The summed E-state index contributed by atoms with van der Waals surface area (Å²) in [4.78, 5) is 11.2. The third-order valence-corrected chi connectivity index (χ3v) is 5.80. The summed E-state index contributed by atoms with van der Waals surface area (Å²) in [5.41, 5.74) is -0.107. The Labute approximate surface area is 129 Å². The van der Waals surface area contributed by atoms with Crippen molar-refractivity contribution in [1.82, 2.24) is 10.2 Å². The predicted octanol–water partition coefficient (Wildman–Crippen LogP) is 4.01. The quantitative estimate of drug-likeness (QED) is 0.808. The van der Waals surface area contributed by atoms with Gasteiger partial charge in [0.1, 0.15) is 0 Å². The van der Waals surface area contributed by atoms with Crippen molar-refractivity contribution >= 4 is 56.8 Å². The smallest absolute Gasteiger partial charge is 0.336 e. The van der Waals surface area contributed by atoms with Gasteiger partial charge in [0.25, 0.3) is 0 Å². The molecule has 0 aliphatic heterocycles. The molecular weight excluding hydrogens is 375 g/mol. The summed E-state index contributed by atoms with van der Waals surface area (Å²) >= 11 is 6.90. The Morgan fingerprint density at radius 3 is 2.68 bits per heavy atom. The minimum Gasteiger partial charge on any atom is -0.478 e. The van der Waals surface area contributed by atoms with Gasteiger partial charge in [0.05, 0.1) is 14.9 Å². The second kappa shape index (κ2) is 6.21. The van der Waals surface area contributed by atoms with Gasteiger partial charge in [0.15, 0.2) is 14.5 Å². The lowest BCUT2D eigenvalue weighted by atomic mass is 10.2. The van der Waals surface area contributed by atoms with Crippen LogP contribution < -0.4 is 0 Å². The molecule has 1 aromatic heterocycles. The summed E-state index contributed by atoms with van der Waals surface area (Å²) in [6.45, 7) is 0. The first-order valence-electron chi connectivity index (χ1n) is 4.79. The molecule has 0 spiro atoms. The lowest BCUT2D eigenvalue weighted by molar-refractivity contribution is 0.0695. The summed E-state index contributed by atoms with van der Waals surface area (Å²) in [7, 11) is 0. The summed E-state index contributed by atoms with van der Waals surface area (Å²) in [6, 6.07) is 2.78. The van der Waals surface area contributed by atoms with E-state index >= 15 is 0 Å². The predicted molar refractivity (Wildman–Crippen MR) is 76.9 cm³/mol. The molecule has 2 rings (SSSR count). The Bertz CT molecular complexity index is 635. The standard InChI is InChI=1S/C10H6BrFN2O2S3/c1-17-9-13-14-10(19-9)18-5-3-2-4(8(15)16)6(11)7(5)12/h2-3H,1H3,(H,15,16). The molecule has 9 heteroatoms. The lowest BCUT2D eigenvalue weighted by Gasteiger charge is -2.04. The molecule has 0 fully saturated rings. The fourth-order valence-electron chi connectivity index (χ4n) is 1.19. The maximum atomic E-state index is 14.0. The first-order valence-corrected chi connectivity index (χ1v) is 8.44. The van der Waals surface area contributed by atoms with E-state index in [2.05, 4.69) is 26.1 Å². The molecule has 1 aromatic carbocycles. The molecule has 0 amide bonds. The number of carboxylic acids is 1. The van der Waals surface area contributed by atoms with Crippen LogP contribution in [0.2, 0.25) is 0 Å². The Morgan fingerprint density at radius 2 is 2.11 bits per heavy atom. The van der Waals surface area contributed by atoms with Gasteiger partial charge in [-0.25, -0.2) is 9.18 Å². The lowest BCUT2D eigenvalue weighted by Crippen LogP contribution is -2.00. The molecule has 0 radical (unpaired) electrons. The third kappa shape index (κ3) is 3.28. The van der Waals surface area contributed by atoms with Gasteiger partial charge in [-0.05, 0) is 34.3 Å². The van der Waals surface area contributed by atoms with E-state index in [1.54, 1.807) is 0 Å². The number of aromatic carboxylic acids is 1. The second-order valence-electron chi connectivity index (χ2n) is 3.18. The van der Waals surface area contributed by atoms with Crippen molar-refractivity contribution in [3.63, 3.8) is 0 Å². The van der Waals surface area contributed by atoms with E-state index in [0.29, 0.717) is 9.24 Å². The largest absolute Gasteiger partial charge is 0.478 e. The third-order valence-electron chi connectivity index (χ3n) is 2.04. The van der Waals surface area contributed by atoms with Gasteiger partial charge in [-0.3, -0.25) is 0 Å². The van der Waals surface area contributed by atoms with Crippen LogP contribution in [0.15, 0.2) is 30.2 Å². The summed E-state index contributed by atoms with van der Waals surface area (Å²) in [5, 5.41) is 16.7. The van der Waals surface area contributed by atoms with Gasteiger partial charge in [0, 0.05) is 0 Å². The number of aromatic nitrogens is 2. The molecule has 19 heavy (non-hydrogen) atoms. The number of carbonyl (C=O) groups is 1. The summed E-state index contributed by atoms with van der Waals surface area (Å²) < 4.78 is 15.4. The van der Waals surface area contributed by atoms with Crippen LogP contribution in [-0.2, 0) is 0 Å². The number of hydrogen-bond acceptors (Lipinski definition) is 6. The number of halogens is 2. The first kappa shape index (κ1) is 14.8. The van der Waals surface area contributed by atoms with Crippen molar-refractivity contribution in [3.8, 4) is 0 Å². The monoisotopic (exact) mass is 380 g/mol. The molecule has 100 valence electrons. The normalized spacial score (nSPS) is 10.7. The highest BCUT2D eigenvalue weighted by atomic mass is 79.9. The minimum atomic E-state index is -1.18. The summed E-state index contributed by atoms with van der Waals surface area (Å²) in [6.07, 6.45) is 1.88. The zero-order valence-electron chi connectivity index (χ0n) is 9.39. The maximum absolute atomic E-state index is 14.0. The van der Waals surface area contributed by atoms with E-state index in [1.165, 1.54) is 35.2 Å². The first-order chi connectivity index (χ1) is 9.02. The van der Waals surface area contributed by atoms with Gasteiger partial charge in [-0.2, -0.15) is 0 Å². The molecule has 0 aliphatic rings. The van der Waals surface area contributed by atoms with E-state index in [0.717, 1.165) is 16.1 Å². The van der Waals surface area contributed by atoms with Crippen molar-refractivity contribution < 1.29 is 14.3 Å². The van der Waals surface area contributed by atoms with Gasteiger partial charge in [0.2, 0.25) is 0 Å². The van der Waals surface area contributed by atoms with Crippen molar-refractivity contribution in [2.24, 2.45) is 0 Å². The average Bonchev–Trinajstić information content (AvgIpc) is 2.82. The number of thioether (sulfide) groups is 1. The van der Waals surface area contributed by atoms with E-state index in [-0.39, 0.29) is 10.0 Å². The zero-order valence-corrected chi connectivity index (χ0v) is 13.4. The summed E-state index contributed by atoms with van der Waals surface area (Å²) in [5.74, 6) is -1.78. The van der Waals surface area contributed by atoms with Gasteiger partial charge in [-0.1, -0.05) is 34.9 Å². The Hall–Kier alpha value is -0.640. The van der Waals surface area contributed by atoms with Gasteiger partial charge in [-0.15, -0.1) is 10.2 Å². The number of benzene rings is 1. The van der Waals surface area contributed by atoms with Gasteiger partial charge < -0.3 is 5.11 Å². The molecule has 1 N–H and O–H groups in total. The van der Waals surface area contributed by atoms with Crippen LogP contribution in [0.4, 0.5) is 4.39 Å². The Kier molecular flexibility index (Phi) is 4.82. The second-order valence-corrected chi connectivity index (χ2v) is 7.30. The van der Waals surface area contributed by atoms with Gasteiger partial charge >= 0.3 is 5.97 Å². The van der Waals surface area contributed by atoms with Crippen molar-refractivity contribution in [2.45, 2.75) is 13.6 Å². The van der Waals surface area contributed by atoms with Crippen LogP contribution in [0.1, 0.15) is 10.4 Å². The van der Waals surface area contributed by atoms with E-state index < -0.39 is 11.8 Å². The molecule has 0 bridgehead atoms.